The van der Waals surface area contributed by atoms with E-state index < -0.39 is 25.9 Å². The zero-order valence-corrected chi connectivity index (χ0v) is 18.9. The Hall–Kier alpha value is -2.23. The highest BCUT2D eigenvalue weighted by atomic mass is 32.2. The molecule has 1 heterocycles. The minimum atomic E-state index is -3.93. The molecule has 7 nitrogen and oxygen atoms in total. The summed E-state index contributed by atoms with van der Waals surface area (Å²) in [5.41, 5.74) is 2.43. The Kier molecular flexibility index (Phi) is 5.93. The maximum absolute atomic E-state index is 12.9. The largest absolute Gasteiger partial charge is 0.345 e. The van der Waals surface area contributed by atoms with E-state index in [0.29, 0.717) is 5.92 Å². The van der Waals surface area contributed by atoms with E-state index in [2.05, 4.69) is 10.0 Å². The van der Waals surface area contributed by atoms with Crippen LogP contribution in [0.15, 0.2) is 53.4 Å². The summed E-state index contributed by atoms with van der Waals surface area (Å²) in [5, 5.41) is 3.06. The lowest BCUT2D eigenvalue weighted by atomic mass is 10.0. The van der Waals surface area contributed by atoms with Gasteiger partial charge in [-0.15, -0.1) is 0 Å². The number of hydrogen-bond donors (Lipinski definition) is 2. The first-order valence-electron chi connectivity index (χ1n) is 10.3. The van der Waals surface area contributed by atoms with Crippen LogP contribution in [0.4, 0.5) is 0 Å². The van der Waals surface area contributed by atoms with Gasteiger partial charge in [-0.1, -0.05) is 35.9 Å². The van der Waals surface area contributed by atoms with E-state index in [1.165, 1.54) is 18.2 Å². The fourth-order valence-corrected chi connectivity index (χ4v) is 6.98. The summed E-state index contributed by atoms with van der Waals surface area (Å²) >= 11 is 0. The number of sulfone groups is 1. The Balaban J connectivity index is 1.50. The maximum atomic E-state index is 12.9. The van der Waals surface area contributed by atoms with Crippen molar-refractivity contribution < 1.29 is 21.6 Å². The SMILES string of the molecule is Cc1ccc([C@H](NC(=O)c2cccc(S(=O)(=O)N[C@H]3CCS(=O)(=O)C3)c2)C2CC2)cc1. The molecule has 0 bridgehead atoms. The van der Waals surface area contributed by atoms with E-state index in [4.69, 9.17) is 0 Å². The van der Waals surface area contributed by atoms with E-state index in [9.17, 15) is 21.6 Å². The average Bonchev–Trinajstić information content (AvgIpc) is 3.50. The highest BCUT2D eigenvalue weighted by Crippen LogP contribution is 2.41. The van der Waals surface area contributed by atoms with Crippen molar-refractivity contribution in [2.24, 2.45) is 5.92 Å². The number of aryl methyl sites for hydroxylation is 1. The number of carbonyl (C=O) groups excluding carboxylic acids is 1. The zero-order valence-electron chi connectivity index (χ0n) is 17.2. The normalized spacial score (nSPS) is 21.5. The van der Waals surface area contributed by atoms with E-state index in [1.54, 1.807) is 6.07 Å². The molecular formula is C22H26N2O5S2. The number of hydrogen-bond acceptors (Lipinski definition) is 5. The van der Waals surface area contributed by atoms with Crippen molar-refractivity contribution in [1.82, 2.24) is 10.0 Å². The average molecular weight is 463 g/mol. The molecule has 1 saturated carbocycles. The predicted molar refractivity (Wildman–Crippen MR) is 118 cm³/mol. The maximum Gasteiger partial charge on any atom is 0.251 e. The monoisotopic (exact) mass is 462 g/mol. The van der Waals surface area contributed by atoms with Crippen molar-refractivity contribution in [3.8, 4) is 0 Å². The molecule has 2 atom stereocenters. The van der Waals surface area contributed by atoms with Crippen LogP contribution in [0.3, 0.4) is 0 Å². The van der Waals surface area contributed by atoms with Crippen LogP contribution >= 0.6 is 0 Å². The molecule has 1 amide bonds. The molecule has 0 unspecified atom stereocenters. The summed E-state index contributed by atoms with van der Waals surface area (Å²) in [7, 11) is -7.14. The number of sulfonamides is 1. The quantitative estimate of drug-likeness (QED) is 0.656. The summed E-state index contributed by atoms with van der Waals surface area (Å²) in [5.74, 6) is -0.182. The minimum absolute atomic E-state index is 0.0236. The van der Waals surface area contributed by atoms with Gasteiger partial charge in [0.1, 0.15) is 0 Å². The minimum Gasteiger partial charge on any atom is -0.345 e. The molecule has 166 valence electrons. The molecule has 2 aromatic carbocycles. The molecule has 1 aliphatic heterocycles. The van der Waals surface area contributed by atoms with Crippen molar-refractivity contribution in [2.45, 2.75) is 43.2 Å². The highest BCUT2D eigenvalue weighted by molar-refractivity contribution is 7.92. The Morgan fingerprint density at radius 2 is 1.77 bits per heavy atom. The van der Waals surface area contributed by atoms with Gasteiger partial charge in [-0.3, -0.25) is 4.79 Å². The van der Waals surface area contributed by atoms with Gasteiger partial charge in [0, 0.05) is 11.6 Å². The molecule has 31 heavy (non-hydrogen) atoms. The molecule has 2 N–H and O–H groups in total. The summed E-state index contributed by atoms with van der Waals surface area (Å²) in [6.07, 6.45) is 2.34. The Morgan fingerprint density at radius 3 is 2.39 bits per heavy atom. The van der Waals surface area contributed by atoms with Gasteiger partial charge in [-0.25, -0.2) is 21.6 Å². The Bertz CT molecular complexity index is 1190. The number of rotatable bonds is 7. The molecular weight excluding hydrogens is 436 g/mol. The van der Waals surface area contributed by atoms with Gasteiger partial charge < -0.3 is 5.32 Å². The molecule has 0 spiro atoms. The first kappa shape index (κ1) is 22.0. The standard InChI is InChI=1S/C22H26N2O5S2/c1-15-5-7-16(8-6-15)21(17-9-10-17)23-22(25)18-3-2-4-20(13-18)31(28,29)24-19-11-12-30(26,27)14-19/h2-8,13,17,19,21,24H,9-12,14H2,1H3,(H,23,25)/t19-,21-/m0/s1. The van der Waals surface area contributed by atoms with Gasteiger partial charge in [0.2, 0.25) is 10.0 Å². The topological polar surface area (TPSA) is 109 Å². The van der Waals surface area contributed by atoms with E-state index >= 15 is 0 Å². The van der Waals surface area contributed by atoms with Crippen LogP contribution in [0.2, 0.25) is 0 Å². The Labute approximate surface area is 183 Å². The van der Waals surface area contributed by atoms with Crippen molar-refractivity contribution in [3.05, 3.63) is 65.2 Å². The molecule has 4 rings (SSSR count). The smallest absolute Gasteiger partial charge is 0.251 e. The van der Waals surface area contributed by atoms with E-state index in [-0.39, 0.29) is 40.3 Å². The zero-order chi connectivity index (χ0) is 22.2. The first-order valence-corrected chi connectivity index (χ1v) is 13.6. The van der Waals surface area contributed by atoms with Crippen LogP contribution in [0.5, 0.6) is 0 Å². The predicted octanol–water partition coefficient (Wildman–Crippen LogP) is 2.34. The van der Waals surface area contributed by atoms with E-state index in [1.807, 2.05) is 31.2 Å². The summed E-state index contributed by atoms with van der Waals surface area (Å²) in [6.45, 7) is 2.01. The molecule has 0 radical (unpaired) electrons. The molecule has 2 aromatic rings. The van der Waals surface area contributed by atoms with Crippen molar-refractivity contribution in [2.75, 3.05) is 11.5 Å². The first-order chi connectivity index (χ1) is 14.6. The van der Waals surface area contributed by atoms with Crippen molar-refractivity contribution >= 4 is 25.8 Å². The fraction of sp³-hybridized carbons (Fsp3) is 0.409. The van der Waals surface area contributed by atoms with Gasteiger partial charge in [0.25, 0.3) is 5.91 Å². The molecule has 2 fully saturated rings. The lowest BCUT2D eigenvalue weighted by Crippen LogP contribution is -2.35. The number of nitrogens with one attached hydrogen (secondary N) is 2. The van der Waals surface area contributed by atoms with Crippen LogP contribution < -0.4 is 10.0 Å². The lowest BCUT2D eigenvalue weighted by molar-refractivity contribution is 0.0931. The van der Waals surface area contributed by atoms with E-state index in [0.717, 1.165) is 24.0 Å². The third kappa shape index (κ3) is 5.34. The Morgan fingerprint density at radius 1 is 1.06 bits per heavy atom. The van der Waals surface area contributed by atoms with Crippen molar-refractivity contribution in [1.29, 1.82) is 0 Å². The molecule has 0 aromatic heterocycles. The molecule has 2 aliphatic rings. The molecule has 1 aliphatic carbocycles. The van der Waals surface area contributed by atoms with Gasteiger partial charge in [-0.05, 0) is 55.9 Å². The third-order valence-corrected chi connectivity index (χ3v) is 9.06. The fourth-order valence-electron chi connectivity index (χ4n) is 3.88. The number of carbonyl (C=O) groups is 1. The number of benzene rings is 2. The van der Waals surface area contributed by atoms with Crippen molar-refractivity contribution in [3.63, 3.8) is 0 Å². The van der Waals surface area contributed by atoms with Gasteiger partial charge >= 0.3 is 0 Å². The van der Waals surface area contributed by atoms with Gasteiger partial charge in [-0.2, -0.15) is 0 Å². The molecule has 1 saturated heterocycles. The lowest BCUT2D eigenvalue weighted by Gasteiger charge is -2.19. The highest BCUT2D eigenvalue weighted by Gasteiger charge is 2.34. The van der Waals surface area contributed by atoms with Crippen LogP contribution in [0.1, 0.15) is 46.8 Å². The summed E-state index contributed by atoms with van der Waals surface area (Å²) < 4.78 is 51.1. The second kappa shape index (κ2) is 8.37. The summed E-state index contributed by atoms with van der Waals surface area (Å²) in [6, 6.07) is 13.1. The number of amides is 1. The van der Waals surface area contributed by atoms with Gasteiger partial charge in [0.15, 0.2) is 9.84 Å². The summed E-state index contributed by atoms with van der Waals surface area (Å²) in [4.78, 5) is 12.9. The second-order valence-corrected chi connectivity index (χ2v) is 12.4. The van der Waals surface area contributed by atoms with Crippen LogP contribution in [0, 0.1) is 12.8 Å². The van der Waals surface area contributed by atoms with Crippen LogP contribution in [0.25, 0.3) is 0 Å². The van der Waals surface area contributed by atoms with Gasteiger partial charge in [0.05, 0.1) is 22.4 Å². The molecule has 9 heteroatoms. The van der Waals surface area contributed by atoms with Crippen LogP contribution in [-0.4, -0.2) is 40.3 Å². The third-order valence-electron chi connectivity index (χ3n) is 5.78. The second-order valence-electron chi connectivity index (χ2n) is 8.45. The van der Waals surface area contributed by atoms with Crippen LogP contribution in [-0.2, 0) is 19.9 Å².